The molecule has 0 radical (unpaired) electrons. The highest BCUT2D eigenvalue weighted by molar-refractivity contribution is 5.50. The van der Waals surface area contributed by atoms with Crippen LogP contribution < -0.4 is 5.56 Å². The van der Waals surface area contributed by atoms with E-state index < -0.39 is 0 Å². The molecular formula is C56H93N5O. The van der Waals surface area contributed by atoms with Crippen molar-refractivity contribution in [2.45, 2.75) is 217 Å². The number of aromatic nitrogens is 5. The maximum atomic E-state index is 11.7. The van der Waals surface area contributed by atoms with Crippen LogP contribution in [0.3, 0.4) is 0 Å². The van der Waals surface area contributed by atoms with Crippen LogP contribution in [0, 0.1) is 111 Å². The Kier molecular flexibility index (Phi) is 22.9. The molecule has 6 nitrogen and oxygen atoms in total. The summed E-state index contributed by atoms with van der Waals surface area (Å²) >= 11 is 0. The molecule has 0 saturated heterocycles. The highest BCUT2D eigenvalue weighted by Gasteiger charge is 2.16. The fraction of sp³-hybridized carbons (Fsp3) is 0.589. The van der Waals surface area contributed by atoms with Crippen molar-refractivity contribution >= 4 is 0 Å². The number of rotatable bonds is 5. The Balaban J connectivity index is 0.000000752. The van der Waals surface area contributed by atoms with Crippen molar-refractivity contribution in [2.24, 2.45) is 7.05 Å². The first kappa shape index (κ1) is 57.8. The van der Waals surface area contributed by atoms with Gasteiger partial charge in [-0.15, -0.1) is 0 Å². The lowest BCUT2D eigenvalue weighted by molar-refractivity contribution is 0.588. The monoisotopic (exact) mass is 852 g/mol. The Morgan fingerprint density at radius 1 is 0.484 bits per heavy atom. The van der Waals surface area contributed by atoms with E-state index in [1.807, 2.05) is 34.7 Å². The van der Waals surface area contributed by atoms with E-state index in [0.717, 1.165) is 16.8 Å². The minimum Gasteiger partial charge on any atom is -0.349 e. The average Bonchev–Trinajstić information content (AvgIpc) is 3.69. The molecule has 0 spiro atoms. The first-order valence-corrected chi connectivity index (χ1v) is 22.8. The summed E-state index contributed by atoms with van der Waals surface area (Å²) in [7, 11) is 1.84. The fourth-order valence-electron chi connectivity index (χ4n) is 8.71. The van der Waals surface area contributed by atoms with Crippen molar-refractivity contribution in [1.29, 1.82) is 0 Å². The third-order valence-corrected chi connectivity index (χ3v) is 13.3. The number of hydrogen-bond acceptors (Lipinski definition) is 3. The molecule has 0 aliphatic carbocycles. The van der Waals surface area contributed by atoms with Crippen LogP contribution in [0.5, 0.6) is 0 Å². The Morgan fingerprint density at radius 2 is 0.903 bits per heavy atom. The molecule has 62 heavy (non-hydrogen) atoms. The molecule has 0 fully saturated rings. The molecule has 0 amide bonds. The summed E-state index contributed by atoms with van der Waals surface area (Å²) < 4.78 is 4.03. The van der Waals surface area contributed by atoms with Gasteiger partial charge < -0.3 is 9.13 Å². The normalized spacial score (nSPS) is 10.8. The molecule has 348 valence electrons. The number of nitrogens with one attached hydrogen (secondary N) is 1. The van der Waals surface area contributed by atoms with Crippen LogP contribution in [0.25, 0.3) is 0 Å². The summed E-state index contributed by atoms with van der Waals surface area (Å²) in [4.78, 5) is 16.3. The van der Waals surface area contributed by atoms with Crippen molar-refractivity contribution in [3.05, 3.63) is 135 Å². The largest absolute Gasteiger partial charge is 0.349 e. The Morgan fingerprint density at radius 3 is 1.23 bits per heavy atom. The van der Waals surface area contributed by atoms with Gasteiger partial charge >= 0.3 is 0 Å². The van der Waals surface area contributed by atoms with Crippen LogP contribution in [0.15, 0.2) is 17.1 Å². The Bertz CT molecular complexity index is 2170. The first-order valence-electron chi connectivity index (χ1n) is 22.8. The van der Waals surface area contributed by atoms with E-state index in [4.69, 9.17) is 0 Å². The van der Waals surface area contributed by atoms with Crippen molar-refractivity contribution < 1.29 is 0 Å². The molecule has 5 rings (SSSR count). The Labute approximate surface area is 381 Å². The van der Waals surface area contributed by atoms with Crippen LogP contribution >= 0.6 is 0 Å². The molecule has 4 heterocycles. The topological polar surface area (TPSA) is 68.5 Å². The van der Waals surface area contributed by atoms with Gasteiger partial charge in [0.25, 0.3) is 5.56 Å². The number of H-pyrrole nitrogens is 1. The van der Waals surface area contributed by atoms with Gasteiger partial charge in [-0.25, -0.2) is 0 Å². The molecule has 5 aromatic rings. The molecule has 0 aliphatic rings. The van der Waals surface area contributed by atoms with E-state index >= 15 is 0 Å². The fourth-order valence-corrected chi connectivity index (χ4v) is 8.71. The maximum Gasteiger partial charge on any atom is 0.253 e. The maximum absolute atomic E-state index is 11.7. The van der Waals surface area contributed by atoms with E-state index in [1.54, 1.807) is 10.1 Å². The summed E-state index contributed by atoms with van der Waals surface area (Å²) in [6.45, 7) is 56.3. The van der Waals surface area contributed by atoms with E-state index in [0.29, 0.717) is 29.7 Å². The number of aromatic amines is 1. The SMILES string of the molecule is C.Cc1[nH]nc(C(C)C)c1C.Cc1c(C(C)C)c(C)n(C)c(=O)c1C.Cc1c(C)c(C)c(C(C)C)c(C)c1C.Cc1ccn(C(C)C)c1C.Cc1nc(C)c(C(C)C)c(C)c1C. The van der Waals surface area contributed by atoms with Crippen molar-refractivity contribution in [1.82, 2.24) is 24.3 Å². The number of pyridine rings is 2. The van der Waals surface area contributed by atoms with Crippen LogP contribution in [0.2, 0.25) is 0 Å². The third-order valence-electron chi connectivity index (χ3n) is 13.3. The predicted molar refractivity (Wildman–Crippen MR) is 275 cm³/mol. The smallest absolute Gasteiger partial charge is 0.253 e. The van der Waals surface area contributed by atoms with Gasteiger partial charge in [0.1, 0.15) is 0 Å². The van der Waals surface area contributed by atoms with E-state index in [1.165, 1.54) is 89.7 Å². The summed E-state index contributed by atoms with van der Waals surface area (Å²) in [6.07, 6.45) is 2.15. The molecular weight excluding hydrogens is 759 g/mol. The number of aryl methyl sites for hydroxylation is 4. The Hall–Kier alpha value is -4.19. The molecule has 1 N–H and O–H groups in total. The van der Waals surface area contributed by atoms with Gasteiger partial charge in [-0.1, -0.05) is 62.8 Å². The summed E-state index contributed by atoms with van der Waals surface area (Å²) in [5.74, 6) is 2.21. The highest BCUT2D eigenvalue weighted by Crippen LogP contribution is 2.31. The molecule has 0 bridgehead atoms. The summed E-state index contributed by atoms with van der Waals surface area (Å²) in [6, 6.07) is 2.75. The standard InChI is InChI=1S/C14H22.C12H19NO.C12H19N.C9H15N.C8H14N2.CH4/c1-8(2)14-12(6)10(4)9(3)11(5)13(14)7;1-7(2)11-8(3)9(4)12(14)13(6)10(11)5;1-7(2)12-9(4)8(3)10(5)13-11(12)6;1-7(2)10-6-5-8(3)9(10)4;1-5(2)8-6(3)7(4)9-10-8;/h8H,1-7H3;7H,1-6H3;7H,1-6H3;5-7H,1-4H3;5H,1-4H3,(H,9,10);1H4. The van der Waals surface area contributed by atoms with Crippen molar-refractivity contribution in [2.75, 3.05) is 0 Å². The van der Waals surface area contributed by atoms with Gasteiger partial charge in [-0.3, -0.25) is 14.9 Å². The number of benzene rings is 1. The van der Waals surface area contributed by atoms with Gasteiger partial charge in [0, 0.05) is 53.3 Å². The second-order valence-corrected chi connectivity index (χ2v) is 19.2. The van der Waals surface area contributed by atoms with Gasteiger partial charge in [-0.05, 0) is 227 Å². The second kappa shape index (κ2) is 24.6. The van der Waals surface area contributed by atoms with Crippen LogP contribution in [-0.2, 0) is 7.05 Å². The molecule has 6 heteroatoms. The van der Waals surface area contributed by atoms with Gasteiger partial charge in [-0.2, -0.15) is 5.10 Å². The predicted octanol–water partition coefficient (Wildman–Crippen LogP) is 15.7. The zero-order chi connectivity index (χ0) is 47.7. The van der Waals surface area contributed by atoms with E-state index in [9.17, 15) is 4.79 Å². The first-order chi connectivity index (χ1) is 27.9. The quantitative estimate of drug-likeness (QED) is 0.191. The minimum absolute atomic E-state index is 0. The van der Waals surface area contributed by atoms with Crippen LogP contribution in [-0.4, -0.2) is 24.3 Å². The zero-order valence-electron chi connectivity index (χ0n) is 44.2. The van der Waals surface area contributed by atoms with Gasteiger partial charge in [0.05, 0.1) is 5.69 Å². The lowest BCUT2D eigenvalue weighted by atomic mass is 9.85. The van der Waals surface area contributed by atoms with Crippen molar-refractivity contribution in [3.63, 3.8) is 0 Å². The lowest BCUT2D eigenvalue weighted by Gasteiger charge is -2.21. The molecule has 0 saturated carbocycles. The summed E-state index contributed by atoms with van der Waals surface area (Å²) in [5.41, 5.74) is 26.5. The van der Waals surface area contributed by atoms with Gasteiger partial charge in [0.2, 0.25) is 0 Å². The lowest BCUT2D eigenvalue weighted by Crippen LogP contribution is -2.25. The summed E-state index contributed by atoms with van der Waals surface area (Å²) in [5, 5.41) is 7.16. The van der Waals surface area contributed by atoms with E-state index in [2.05, 4.69) is 184 Å². The molecule has 1 aromatic carbocycles. The number of hydrogen-bond donors (Lipinski definition) is 1. The molecule has 0 atom stereocenters. The third kappa shape index (κ3) is 13.9. The zero-order valence-corrected chi connectivity index (χ0v) is 44.2. The van der Waals surface area contributed by atoms with Crippen molar-refractivity contribution in [3.8, 4) is 0 Å². The molecule has 0 aliphatic heterocycles. The average molecular weight is 852 g/mol. The second-order valence-electron chi connectivity index (χ2n) is 19.2. The number of nitrogens with zero attached hydrogens (tertiary/aromatic N) is 4. The minimum atomic E-state index is 0. The van der Waals surface area contributed by atoms with Gasteiger partial charge in [0.15, 0.2) is 0 Å². The van der Waals surface area contributed by atoms with Crippen LogP contribution in [0.4, 0.5) is 0 Å². The van der Waals surface area contributed by atoms with Crippen LogP contribution in [0.1, 0.15) is 218 Å². The molecule has 4 aromatic heterocycles. The van der Waals surface area contributed by atoms with E-state index in [-0.39, 0.29) is 13.0 Å². The molecule has 0 unspecified atom stereocenters. The highest BCUT2D eigenvalue weighted by atomic mass is 16.1.